The zero-order valence-corrected chi connectivity index (χ0v) is 13.2. The van der Waals surface area contributed by atoms with Crippen molar-refractivity contribution in [2.45, 2.75) is 31.3 Å². The van der Waals surface area contributed by atoms with E-state index >= 15 is 0 Å². The third-order valence-corrected chi connectivity index (χ3v) is 4.41. The van der Waals surface area contributed by atoms with Crippen LogP contribution in [0.15, 0.2) is 49.6 Å². The normalized spacial score (nSPS) is 17.7. The maximum atomic E-state index is 13.2. The lowest BCUT2D eigenvalue weighted by atomic mass is 9.76. The molecule has 1 heterocycles. The highest BCUT2D eigenvalue weighted by molar-refractivity contribution is 6.08. The second-order valence-electron chi connectivity index (χ2n) is 5.86. The molecule has 21 heavy (non-hydrogen) atoms. The molecule has 0 radical (unpaired) electrons. The van der Waals surface area contributed by atoms with Crippen molar-refractivity contribution >= 4 is 11.6 Å². The van der Waals surface area contributed by atoms with E-state index in [1.165, 1.54) is 0 Å². The van der Waals surface area contributed by atoms with Gasteiger partial charge in [-0.2, -0.15) is 0 Å². The summed E-state index contributed by atoms with van der Waals surface area (Å²) in [6.07, 6.45) is 4.94. The fraction of sp³-hybridized carbons (Fsp3) is 0.389. The van der Waals surface area contributed by atoms with Gasteiger partial charge >= 0.3 is 0 Å². The van der Waals surface area contributed by atoms with Gasteiger partial charge in [0.2, 0.25) is 5.91 Å². The number of amides is 1. The number of carbonyl (C=O) groups excluding carboxylic acids is 1. The van der Waals surface area contributed by atoms with Crippen molar-refractivity contribution in [3.8, 4) is 0 Å². The first-order chi connectivity index (χ1) is 9.99. The first kappa shape index (κ1) is 15.5. The predicted molar refractivity (Wildman–Crippen MR) is 88.4 cm³/mol. The molecule has 0 N–H and O–H groups in total. The smallest absolute Gasteiger partial charge is 0.239 e. The Morgan fingerprint density at radius 2 is 1.81 bits per heavy atom. The molecule has 0 saturated heterocycles. The Morgan fingerprint density at radius 3 is 2.33 bits per heavy atom. The average molecular weight is 284 g/mol. The van der Waals surface area contributed by atoms with Crippen molar-refractivity contribution in [1.29, 1.82) is 0 Å². The van der Waals surface area contributed by atoms with Crippen LogP contribution in [0.3, 0.4) is 0 Å². The third kappa shape index (κ3) is 2.32. The van der Waals surface area contributed by atoms with Crippen LogP contribution in [-0.2, 0) is 10.2 Å². The monoisotopic (exact) mass is 284 g/mol. The molecule has 1 amide bonds. The molecule has 1 aliphatic rings. The average Bonchev–Trinajstić information content (AvgIpc) is 2.69. The molecule has 3 heteroatoms. The Kier molecular flexibility index (Phi) is 4.33. The summed E-state index contributed by atoms with van der Waals surface area (Å²) >= 11 is 0. The van der Waals surface area contributed by atoms with Gasteiger partial charge in [-0.25, -0.2) is 0 Å². The Hall–Kier alpha value is -1.87. The summed E-state index contributed by atoms with van der Waals surface area (Å²) in [5.74, 6) is 0.143. The van der Waals surface area contributed by atoms with Crippen molar-refractivity contribution in [1.82, 2.24) is 4.90 Å². The van der Waals surface area contributed by atoms with Gasteiger partial charge in [-0.3, -0.25) is 14.6 Å². The molecule has 1 aromatic carbocycles. The highest BCUT2D eigenvalue weighted by atomic mass is 16.2. The number of anilines is 1. The Balaban J connectivity index is 2.62. The summed E-state index contributed by atoms with van der Waals surface area (Å²) in [5.41, 5.74) is 1.54. The van der Waals surface area contributed by atoms with E-state index in [0.29, 0.717) is 12.8 Å². The number of hydrogen-bond donors (Lipinski definition) is 0. The van der Waals surface area contributed by atoms with E-state index < -0.39 is 5.41 Å². The summed E-state index contributed by atoms with van der Waals surface area (Å²) < 4.78 is 0. The SMILES string of the molecule is C=CCC1(CC=C)C(=O)N(C(C)N(C)C)c2ccccc21. The number of benzene rings is 1. The minimum absolute atomic E-state index is 0.00940. The molecule has 0 saturated carbocycles. The quantitative estimate of drug-likeness (QED) is 0.748. The molecule has 1 atom stereocenters. The molecule has 0 aliphatic carbocycles. The van der Waals surface area contributed by atoms with E-state index in [0.717, 1.165) is 11.3 Å². The number of hydrogen-bond acceptors (Lipinski definition) is 2. The number of allylic oxidation sites excluding steroid dienone is 2. The van der Waals surface area contributed by atoms with Gasteiger partial charge in [0.05, 0.1) is 11.6 Å². The summed E-state index contributed by atoms with van der Waals surface area (Å²) in [5, 5.41) is 0. The van der Waals surface area contributed by atoms with Crippen molar-refractivity contribution in [2.75, 3.05) is 19.0 Å². The van der Waals surface area contributed by atoms with Gasteiger partial charge in [-0.05, 0) is 45.5 Å². The summed E-state index contributed by atoms with van der Waals surface area (Å²) in [7, 11) is 3.98. The molecule has 112 valence electrons. The van der Waals surface area contributed by atoms with E-state index in [9.17, 15) is 4.79 Å². The molecule has 0 spiro atoms. The van der Waals surface area contributed by atoms with Gasteiger partial charge < -0.3 is 0 Å². The largest absolute Gasteiger partial charge is 0.295 e. The van der Waals surface area contributed by atoms with Crippen LogP contribution in [-0.4, -0.2) is 31.1 Å². The lowest BCUT2D eigenvalue weighted by molar-refractivity contribution is -0.124. The van der Waals surface area contributed by atoms with E-state index in [1.54, 1.807) is 0 Å². The standard InChI is InChI=1S/C18H24N2O/c1-6-12-18(13-7-2)15-10-8-9-11-16(15)20(17(18)21)14(3)19(4)5/h6-11,14H,1-2,12-13H2,3-5H3. The molecule has 0 bridgehead atoms. The molecule has 1 aromatic rings. The summed E-state index contributed by atoms with van der Waals surface area (Å²) in [6.45, 7) is 9.74. The van der Waals surface area contributed by atoms with E-state index in [4.69, 9.17) is 0 Å². The van der Waals surface area contributed by atoms with Gasteiger partial charge in [0.15, 0.2) is 0 Å². The number of fused-ring (bicyclic) bond motifs is 1. The topological polar surface area (TPSA) is 23.6 Å². The molecule has 1 aliphatic heterocycles. The lowest BCUT2D eigenvalue weighted by Crippen LogP contribution is -2.49. The molecule has 2 rings (SSSR count). The Morgan fingerprint density at radius 1 is 1.24 bits per heavy atom. The van der Waals surface area contributed by atoms with Crippen molar-refractivity contribution in [2.24, 2.45) is 0 Å². The van der Waals surface area contributed by atoms with E-state index in [1.807, 2.05) is 61.2 Å². The maximum Gasteiger partial charge on any atom is 0.239 e. The van der Waals surface area contributed by atoms with Gasteiger partial charge in [0, 0.05) is 5.69 Å². The second kappa shape index (κ2) is 5.86. The lowest BCUT2D eigenvalue weighted by Gasteiger charge is -2.33. The number of carbonyl (C=O) groups is 1. The van der Waals surface area contributed by atoms with Crippen LogP contribution in [0.2, 0.25) is 0 Å². The number of para-hydroxylation sites is 1. The third-order valence-electron chi connectivity index (χ3n) is 4.41. The number of rotatable bonds is 6. The Bertz CT molecular complexity index is 552. The zero-order valence-electron chi connectivity index (χ0n) is 13.2. The highest BCUT2D eigenvalue weighted by Gasteiger charge is 2.50. The van der Waals surface area contributed by atoms with Crippen LogP contribution in [0.5, 0.6) is 0 Å². The first-order valence-corrected chi connectivity index (χ1v) is 7.31. The van der Waals surface area contributed by atoms with Gasteiger partial charge in [0.1, 0.15) is 0 Å². The van der Waals surface area contributed by atoms with Crippen LogP contribution in [0.1, 0.15) is 25.3 Å². The van der Waals surface area contributed by atoms with Gasteiger partial charge in [-0.1, -0.05) is 30.4 Å². The van der Waals surface area contributed by atoms with Crippen LogP contribution in [0.25, 0.3) is 0 Å². The molecular weight excluding hydrogens is 260 g/mol. The van der Waals surface area contributed by atoms with Crippen molar-refractivity contribution in [3.05, 3.63) is 55.1 Å². The van der Waals surface area contributed by atoms with Gasteiger partial charge in [-0.15, -0.1) is 13.2 Å². The minimum Gasteiger partial charge on any atom is -0.295 e. The number of nitrogens with zero attached hydrogens (tertiary/aromatic N) is 2. The van der Waals surface area contributed by atoms with Crippen LogP contribution < -0.4 is 4.90 Å². The highest BCUT2D eigenvalue weighted by Crippen LogP contribution is 2.47. The molecule has 3 nitrogen and oxygen atoms in total. The van der Waals surface area contributed by atoms with E-state index in [-0.39, 0.29) is 12.1 Å². The molecule has 0 fully saturated rings. The van der Waals surface area contributed by atoms with Crippen molar-refractivity contribution < 1.29 is 4.79 Å². The molecule has 1 unspecified atom stereocenters. The molecular formula is C18H24N2O. The molecule has 0 aromatic heterocycles. The second-order valence-corrected chi connectivity index (χ2v) is 5.86. The van der Waals surface area contributed by atoms with Crippen LogP contribution in [0.4, 0.5) is 5.69 Å². The first-order valence-electron chi connectivity index (χ1n) is 7.31. The van der Waals surface area contributed by atoms with Crippen LogP contribution in [0, 0.1) is 0 Å². The summed E-state index contributed by atoms with van der Waals surface area (Å²) in [6, 6.07) is 8.07. The predicted octanol–water partition coefficient (Wildman–Crippen LogP) is 3.33. The van der Waals surface area contributed by atoms with Crippen LogP contribution >= 0.6 is 0 Å². The maximum absolute atomic E-state index is 13.2. The fourth-order valence-corrected chi connectivity index (χ4v) is 3.12. The van der Waals surface area contributed by atoms with Gasteiger partial charge in [0.25, 0.3) is 0 Å². The van der Waals surface area contributed by atoms with Crippen molar-refractivity contribution in [3.63, 3.8) is 0 Å². The van der Waals surface area contributed by atoms with E-state index in [2.05, 4.69) is 19.2 Å². The minimum atomic E-state index is -0.551. The zero-order chi connectivity index (χ0) is 15.6. The Labute approximate surface area is 127 Å². The fourth-order valence-electron chi connectivity index (χ4n) is 3.12. The summed E-state index contributed by atoms with van der Waals surface area (Å²) in [4.78, 5) is 17.2.